The molecule has 1 aliphatic heterocycles. The maximum Gasteiger partial charge on any atom is 0.227 e. The van der Waals surface area contributed by atoms with Gasteiger partial charge in [-0.15, -0.1) is 0 Å². The van der Waals surface area contributed by atoms with Gasteiger partial charge in [0.2, 0.25) is 11.8 Å². The number of nitrogens with one attached hydrogen (secondary N) is 1. The first-order chi connectivity index (χ1) is 15.6. The predicted molar refractivity (Wildman–Crippen MR) is 123 cm³/mol. The topological polar surface area (TPSA) is 67.9 Å². The molecule has 1 fully saturated rings. The highest BCUT2D eigenvalue weighted by Gasteiger charge is 2.37. The van der Waals surface area contributed by atoms with E-state index in [0.29, 0.717) is 23.7 Å². The lowest BCUT2D eigenvalue weighted by Gasteiger charge is -2.23. The zero-order chi connectivity index (χ0) is 22.5. The molecule has 1 unspecified atom stereocenters. The van der Waals surface area contributed by atoms with E-state index in [0.717, 1.165) is 11.1 Å². The summed E-state index contributed by atoms with van der Waals surface area (Å²) >= 11 is 0. The number of carbonyl (C=O) groups excluding carboxylic acids is 2. The zero-order valence-corrected chi connectivity index (χ0v) is 18.2. The standard InChI is InChI=1S/C26H26N2O4/c1-31-21-13-14-22(23(16-21)32-2)28-17-20(15-24(28)29)26(30)27-25(18-9-5-3-6-10-18)19-11-7-4-8-12-19/h3-14,16,20,25H,15,17H2,1-2H3,(H,27,30). The molecule has 6 heteroatoms. The summed E-state index contributed by atoms with van der Waals surface area (Å²) in [7, 11) is 3.12. The lowest BCUT2D eigenvalue weighted by Crippen LogP contribution is -2.36. The summed E-state index contributed by atoms with van der Waals surface area (Å²) in [4.78, 5) is 27.6. The number of benzene rings is 3. The summed E-state index contributed by atoms with van der Waals surface area (Å²) in [5.41, 5.74) is 2.62. The fraction of sp³-hybridized carbons (Fsp3) is 0.231. The van der Waals surface area contributed by atoms with E-state index in [1.807, 2.05) is 60.7 Å². The van der Waals surface area contributed by atoms with Crippen molar-refractivity contribution in [2.45, 2.75) is 12.5 Å². The maximum absolute atomic E-state index is 13.2. The second kappa shape index (κ2) is 9.56. The lowest BCUT2D eigenvalue weighted by molar-refractivity contribution is -0.126. The summed E-state index contributed by atoms with van der Waals surface area (Å²) in [6.45, 7) is 0.295. The summed E-state index contributed by atoms with van der Waals surface area (Å²) in [6, 6.07) is 24.7. The molecule has 1 aliphatic rings. The van der Waals surface area contributed by atoms with Crippen LogP contribution in [0, 0.1) is 5.92 Å². The van der Waals surface area contributed by atoms with Crippen LogP contribution in [0.5, 0.6) is 11.5 Å². The van der Waals surface area contributed by atoms with Crippen LogP contribution in [0.3, 0.4) is 0 Å². The Kier molecular flexibility index (Phi) is 6.40. The molecular weight excluding hydrogens is 404 g/mol. The third kappa shape index (κ3) is 4.44. The molecule has 6 nitrogen and oxygen atoms in total. The van der Waals surface area contributed by atoms with E-state index in [9.17, 15) is 9.59 Å². The van der Waals surface area contributed by atoms with Gasteiger partial charge in [-0.2, -0.15) is 0 Å². The molecule has 1 heterocycles. The first kappa shape index (κ1) is 21.4. The van der Waals surface area contributed by atoms with Gasteiger partial charge in [-0.05, 0) is 23.3 Å². The van der Waals surface area contributed by atoms with Gasteiger partial charge in [0.15, 0.2) is 0 Å². The molecule has 2 amide bonds. The molecule has 3 aromatic rings. The third-order valence-electron chi connectivity index (χ3n) is 5.73. The summed E-state index contributed by atoms with van der Waals surface area (Å²) in [6.07, 6.45) is 0.150. The Morgan fingerprint density at radius 3 is 2.12 bits per heavy atom. The molecule has 1 saturated heterocycles. The van der Waals surface area contributed by atoms with Crippen molar-refractivity contribution in [3.05, 3.63) is 90.0 Å². The van der Waals surface area contributed by atoms with Crippen LogP contribution < -0.4 is 19.7 Å². The van der Waals surface area contributed by atoms with E-state index in [2.05, 4.69) is 5.32 Å². The molecule has 32 heavy (non-hydrogen) atoms. The van der Waals surface area contributed by atoms with Crippen LogP contribution in [-0.2, 0) is 9.59 Å². The minimum atomic E-state index is -0.454. The van der Waals surface area contributed by atoms with E-state index < -0.39 is 5.92 Å². The highest BCUT2D eigenvalue weighted by Crippen LogP contribution is 2.36. The minimum absolute atomic E-state index is 0.107. The van der Waals surface area contributed by atoms with E-state index >= 15 is 0 Å². The van der Waals surface area contributed by atoms with Gasteiger partial charge in [-0.25, -0.2) is 0 Å². The molecule has 0 aliphatic carbocycles. The van der Waals surface area contributed by atoms with E-state index in [1.54, 1.807) is 37.3 Å². The fourth-order valence-corrected chi connectivity index (χ4v) is 4.03. The number of methoxy groups -OCH3 is 2. The van der Waals surface area contributed by atoms with Gasteiger partial charge < -0.3 is 19.7 Å². The van der Waals surface area contributed by atoms with Gasteiger partial charge in [-0.1, -0.05) is 60.7 Å². The third-order valence-corrected chi connectivity index (χ3v) is 5.73. The highest BCUT2D eigenvalue weighted by molar-refractivity contribution is 6.01. The van der Waals surface area contributed by atoms with Crippen molar-refractivity contribution in [2.24, 2.45) is 5.92 Å². The van der Waals surface area contributed by atoms with E-state index in [-0.39, 0.29) is 24.3 Å². The highest BCUT2D eigenvalue weighted by atomic mass is 16.5. The van der Waals surface area contributed by atoms with Crippen LogP contribution in [0.25, 0.3) is 0 Å². The van der Waals surface area contributed by atoms with Gasteiger partial charge in [0.25, 0.3) is 0 Å². The van der Waals surface area contributed by atoms with Crippen LogP contribution >= 0.6 is 0 Å². The molecule has 3 aromatic carbocycles. The smallest absolute Gasteiger partial charge is 0.227 e. The van der Waals surface area contributed by atoms with Gasteiger partial charge in [0.1, 0.15) is 11.5 Å². The van der Waals surface area contributed by atoms with Crippen LogP contribution in [0.1, 0.15) is 23.6 Å². The Labute approximate surface area is 187 Å². The van der Waals surface area contributed by atoms with Crippen molar-refractivity contribution >= 4 is 17.5 Å². The molecule has 4 rings (SSSR count). The van der Waals surface area contributed by atoms with Crippen molar-refractivity contribution in [1.82, 2.24) is 5.32 Å². The molecule has 0 bridgehead atoms. The van der Waals surface area contributed by atoms with Crippen LogP contribution in [-0.4, -0.2) is 32.6 Å². The van der Waals surface area contributed by atoms with Crippen molar-refractivity contribution < 1.29 is 19.1 Å². The van der Waals surface area contributed by atoms with Crippen LogP contribution in [0.4, 0.5) is 5.69 Å². The normalized spacial score (nSPS) is 15.7. The summed E-state index contributed by atoms with van der Waals surface area (Å²) in [5.74, 6) is 0.463. The second-order valence-corrected chi connectivity index (χ2v) is 7.71. The molecule has 0 aromatic heterocycles. The quantitative estimate of drug-likeness (QED) is 0.616. The SMILES string of the molecule is COc1ccc(N2CC(C(=O)NC(c3ccccc3)c3ccccc3)CC2=O)c(OC)c1. The summed E-state index contributed by atoms with van der Waals surface area (Å²) < 4.78 is 10.7. The number of carbonyl (C=O) groups is 2. The van der Waals surface area contributed by atoms with Crippen molar-refractivity contribution in [3.8, 4) is 11.5 Å². The Morgan fingerprint density at radius 2 is 1.56 bits per heavy atom. The number of anilines is 1. The largest absolute Gasteiger partial charge is 0.497 e. The first-order valence-electron chi connectivity index (χ1n) is 10.5. The average molecular weight is 431 g/mol. The Balaban J connectivity index is 1.54. The van der Waals surface area contributed by atoms with Crippen LogP contribution in [0.2, 0.25) is 0 Å². The Bertz CT molecular complexity index is 1050. The zero-order valence-electron chi connectivity index (χ0n) is 18.2. The van der Waals surface area contributed by atoms with E-state index in [4.69, 9.17) is 9.47 Å². The Hall–Kier alpha value is -3.80. The van der Waals surface area contributed by atoms with Gasteiger partial charge in [-0.3, -0.25) is 9.59 Å². The van der Waals surface area contributed by atoms with Gasteiger partial charge >= 0.3 is 0 Å². The van der Waals surface area contributed by atoms with Crippen molar-refractivity contribution in [1.29, 1.82) is 0 Å². The van der Waals surface area contributed by atoms with Crippen molar-refractivity contribution in [2.75, 3.05) is 25.7 Å². The number of hydrogen-bond acceptors (Lipinski definition) is 4. The number of ether oxygens (including phenoxy) is 2. The molecule has 0 spiro atoms. The summed E-state index contributed by atoms with van der Waals surface area (Å²) in [5, 5.41) is 3.16. The fourth-order valence-electron chi connectivity index (χ4n) is 4.03. The second-order valence-electron chi connectivity index (χ2n) is 7.71. The number of nitrogens with zero attached hydrogens (tertiary/aromatic N) is 1. The van der Waals surface area contributed by atoms with Crippen molar-refractivity contribution in [3.63, 3.8) is 0 Å². The predicted octanol–water partition coefficient (Wildman–Crippen LogP) is 3.96. The average Bonchev–Trinajstić information content (AvgIpc) is 3.24. The lowest BCUT2D eigenvalue weighted by atomic mass is 9.97. The Morgan fingerprint density at radius 1 is 0.938 bits per heavy atom. The monoisotopic (exact) mass is 430 g/mol. The maximum atomic E-state index is 13.2. The molecular formula is C26H26N2O4. The van der Waals surface area contributed by atoms with Gasteiger partial charge in [0, 0.05) is 19.0 Å². The first-order valence-corrected chi connectivity index (χ1v) is 10.5. The molecule has 164 valence electrons. The van der Waals surface area contributed by atoms with E-state index in [1.165, 1.54) is 0 Å². The number of amides is 2. The number of rotatable bonds is 7. The molecule has 1 N–H and O–H groups in total. The van der Waals surface area contributed by atoms with Crippen LogP contribution in [0.15, 0.2) is 78.9 Å². The number of hydrogen-bond donors (Lipinski definition) is 1. The minimum Gasteiger partial charge on any atom is -0.497 e. The molecule has 0 radical (unpaired) electrons. The molecule has 0 saturated carbocycles. The van der Waals surface area contributed by atoms with Gasteiger partial charge in [0.05, 0.1) is 31.9 Å². The molecule has 1 atom stereocenters.